The largest absolute Gasteiger partial charge is 0.469 e. The zero-order valence-electron chi connectivity index (χ0n) is 27.0. The Kier molecular flexibility index (Phi) is 8.91. The molecule has 0 radical (unpaired) electrons. The van der Waals surface area contributed by atoms with Gasteiger partial charge in [-0.3, -0.25) is 9.78 Å². The molecule has 3 aromatic heterocycles. The zero-order valence-corrected chi connectivity index (χ0v) is 27.0. The Morgan fingerprint density at radius 3 is 2.33 bits per heavy atom. The van der Waals surface area contributed by atoms with Gasteiger partial charge in [0.05, 0.1) is 48.8 Å². The van der Waals surface area contributed by atoms with E-state index in [2.05, 4.69) is 43.4 Å². The number of aromatic amines is 2. The van der Waals surface area contributed by atoms with Crippen molar-refractivity contribution >= 4 is 57.5 Å². The summed E-state index contributed by atoms with van der Waals surface area (Å²) in [6, 6.07) is 6.03. The van der Waals surface area contributed by atoms with Gasteiger partial charge in [0.2, 0.25) is 0 Å². The summed E-state index contributed by atoms with van der Waals surface area (Å²) in [5, 5.41) is 0. The molecular weight excluding hydrogens is 568 g/mol. The van der Waals surface area contributed by atoms with Crippen LogP contribution in [0.3, 0.4) is 0 Å². The number of rotatable bonds is 8. The predicted octanol–water partition coefficient (Wildman–Crippen LogP) is 7.28. The molecule has 0 aliphatic carbocycles. The van der Waals surface area contributed by atoms with Crippen LogP contribution < -0.4 is 0 Å². The van der Waals surface area contributed by atoms with Gasteiger partial charge in [-0.15, -0.1) is 0 Å². The van der Waals surface area contributed by atoms with E-state index in [0.717, 1.165) is 63.1 Å². The standard InChI is InChI=1S/C36H40N4O5/c1-9-22-18(3)26-15-28-20(5)24(12-11-13-41)34(39-28)25(14-32(42)44-7)35-33(36(43)45-8)21(6)29(40-35)17-31-23(10-2)19(4)27(38-31)16-30(22)37-26/h9,13,15-17,20,24,37,40H,1,10-12,14H2,2-8H3/t20-,24-/m0/s1. The van der Waals surface area contributed by atoms with Crippen molar-refractivity contribution in [3.8, 4) is 0 Å². The topological polar surface area (TPSA) is 127 Å². The number of hydrogen-bond acceptors (Lipinski definition) is 7. The van der Waals surface area contributed by atoms with Crippen molar-refractivity contribution in [3.05, 3.63) is 75.4 Å². The molecule has 3 aromatic rings. The maximum Gasteiger partial charge on any atom is 0.340 e. The minimum Gasteiger partial charge on any atom is -0.469 e. The Morgan fingerprint density at radius 1 is 0.978 bits per heavy atom. The van der Waals surface area contributed by atoms with Crippen molar-refractivity contribution in [1.82, 2.24) is 19.9 Å². The average Bonchev–Trinajstić information content (AvgIpc) is 3.71. The molecule has 0 amide bonds. The highest BCUT2D eigenvalue weighted by molar-refractivity contribution is 6.03. The SMILES string of the molecule is C=Cc1c(C)c2cc3nc(c(CC(=O)OC)c4[nH]c(cc5nc(cc1[nH]2)C(C)=C5CC)c(C)c4C(=O)OC)[C@@H](CCC=O)[C@@H]3C. The van der Waals surface area contributed by atoms with E-state index in [1.54, 1.807) is 0 Å². The third-order valence-corrected chi connectivity index (χ3v) is 9.27. The first-order chi connectivity index (χ1) is 21.6. The van der Waals surface area contributed by atoms with E-state index in [9.17, 15) is 14.4 Å². The molecule has 0 aromatic carbocycles. The number of allylic oxidation sites excluding steroid dienone is 2. The average molecular weight is 609 g/mol. The quantitative estimate of drug-likeness (QED) is 0.203. The van der Waals surface area contributed by atoms with Crippen molar-refractivity contribution in [2.45, 2.75) is 72.1 Å². The number of carbonyl (C=O) groups excluding carboxylic acids is 3. The maximum atomic E-state index is 13.4. The highest BCUT2D eigenvalue weighted by Gasteiger charge is 2.33. The molecule has 0 saturated heterocycles. The van der Waals surface area contributed by atoms with Gasteiger partial charge >= 0.3 is 11.9 Å². The van der Waals surface area contributed by atoms with E-state index in [4.69, 9.17) is 19.4 Å². The molecule has 234 valence electrons. The van der Waals surface area contributed by atoms with E-state index < -0.39 is 11.9 Å². The lowest BCUT2D eigenvalue weighted by Gasteiger charge is -2.17. The van der Waals surface area contributed by atoms with Crippen LogP contribution in [0.25, 0.3) is 39.3 Å². The molecule has 9 nitrogen and oxygen atoms in total. The first-order valence-electron chi connectivity index (χ1n) is 15.3. The molecule has 0 fully saturated rings. The molecule has 8 bridgehead atoms. The van der Waals surface area contributed by atoms with Crippen LogP contribution in [0.15, 0.2) is 24.8 Å². The third-order valence-electron chi connectivity index (χ3n) is 9.27. The second-order valence-corrected chi connectivity index (χ2v) is 11.7. The Morgan fingerprint density at radius 2 is 1.69 bits per heavy atom. The summed E-state index contributed by atoms with van der Waals surface area (Å²) in [6.45, 7) is 14.2. The number of aldehydes is 1. The van der Waals surface area contributed by atoms with Crippen LogP contribution >= 0.6 is 0 Å². The monoisotopic (exact) mass is 608 g/mol. The number of aryl methyl sites for hydroxylation is 2. The van der Waals surface area contributed by atoms with Crippen LogP contribution in [0.2, 0.25) is 0 Å². The fraction of sp³-hybridized carbons (Fsp3) is 0.361. The van der Waals surface area contributed by atoms with Gasteiger partial charge in [-0.1, -0.05) is 26.5 Å². The van der Waals surface area contributed by atoms with Crippen molar-refractivity contribution in [1.29, 1.82) is 0 Å². The number of methoxy groups -OCH3 is 2. The van der Waals surface area contributed by atoms with Crippen molar-refractivity contribution < 1.29 is 23.9 Å². The van der Waals surface area contributed by atoms with E-state index in [1.165, 1.54) is 14.2 Å². The first kappa shape index (κ1) is 31.6. The van der Waals surface area contributed by atoms with Crippen LogP contribution in [0.4, 0.5) is 0 Å². The van der Waals surface area contributed by atoms with E-state index in [1.807, 2.05) is 32.1 Å². The lowest BCUT2D eigenvalue weighted by Crippen LogP contribution is -2.12. The molecule has 9 heteroatoms. The van der Waals surface area contributed by atoms with Gasteiger partial charge in [0.25, 0.3) is 0 Å². The van der Waals surface area contributed by atoms with Gasteiger partial charge in [-0.05, 0) is 74.1 Å². The van der Waals surface area contributed by atoms with Crippen LogP contribution in [0.5, 0.6) is 0 Å². The molecular formula is C36H40N4O5. The molecule has 2 aliphatic rings. The normalized spacial score (nSPS) is 16.1. The van der Waals surface area contributed by atoms with E-state index in [0.29, 0.717) is 46.3 Å². The highest BCUT2D eigenvalue weighted by atomic mass is 16.5. The van der Waals surface area contributed by atoms with Crippen LogP contribution in [-0.4, -0.2) is 52.4 Å². The van der Waals surface area contributed by atoms with Crippen molar-refractivity contribution in [2.24, 2.45) is 0 Å². The number of esters is 2. The molecule has 2 N–H and O–H groups in total. The summed E-state index contributed by atoms with van der Waals surface area (Å²) >= 11 is 0. The Hall–Kier alpha value is -4.79. The summed E-state index contributed by atoms with van der Waals surface area (Å²) in [7, 11) is 2.67. The van der Waals surface area contributed by atoms with Crippen LogP contribution in [0, 0.1) is 13.8 Å². The van der Waals surface area contributed by atoms with Gasteiger partial charge in [-0.25, -0.2) is 9.78 Å². The summed E-state index contributed by atoms with van der Waals surface area (Å²) in [4.78, 5) is 55.1. The smallest absolute Gasteiger partial charge is 0.340 e. The number of ether oxygens (including phenoxy) is 2. The highest BCUT2D eigenvalue weighted by Crippen LogP contribution is 2.43. The lowest BCUT2D eigenvalue weighted by molar-refractivity contribution is -0.139. The van der Waals surface area contributed by atoms with Gasteiger partial charge in [0.1, 0.15) is 6.29 Å². The Balaban J connectivity index is 2.06. The lowest BCUT2D eigenvalue weighted by atomic mass is 9.85. The first-order valence-corrected chi connectivity index (χ1v) is 15.3. The molecule has 0 unspecified atom stereocenters. The molecule has 45 heavy (non-hydrogen) atoms. The summed E-state index contributed by atoms with van der Waals surface area (Å²) in [5.41, 5.74) is 11.7. The number of fused-ring (bicyclic) bond motifs is 8. The van der Waals surface area contributed by atoms with Gasteiger partial charge in [0.15, 0.2) is 0 Å². The number of hydrogen-bond donors (Lipinski definition) is 2. The molecule has 5 heterocycles. The molecule has 5 rings (SSSR count). The number of H-pyrrole nitrogens is 2. The predicted molar refractivity (Wildman–Crippen MR) is 177 cm³/mol. The number of nitrogens with zero attached hydrogens (tertiary/aromatic N) is 2. The fourth-order valence-corrected chi connectivity index (χ4v) is 6.65. The number of aromatic nitrogens is 4. The second-order valence-electron chi connectivity index (χ2n) is 11.7. The maximum absolute atomic E-state index is 13.4. The fourth-order valence-electron chi connectivity index (χ4n) is 6.65. The molecule has 0 saturated carbocycles. The van der Waals surface area contributed by atoms with Gasteiger partial charge in [-0.2, -0.15) is 0 Å². The second kappa shape index (κ2) is 12.7. The summed E-state index contributed by atoms with van der Waals surface area (Å²) in [6.07, 6.45) is 4.23. The van der Waals surface area contributed by atoms with E-state index >= 15 is 0 Å². The Bertz CT molecular complexity index is 1930. The van der Waals surface area contributed by atoms with Crippen LogP contribution in [0.1, 0.15) is 107 Å². The minimum absolute atomic E-state index is 0.0810. The summed E-state index contributed by atoms with van der Waals surface area (Å²) < 4.78 is 10.4. The van der Waals surface area contributed by atoms with Gasteiger partial charge < -0.3 is 24.2 Å². The van der Waals surface area contributed by atoms with Crippen molar-refractivity contribution in [3.63, 3.8) is 0 Å². The molecule has 2 aliphatic heterocycles. The number of nitrogens with one attached hydrogen (secondary N) is 2. The summed E-state index contributed by atoms with van der Waals surface area (Å²) in [5.74, 6) is -1.28. The Labute approximate surface area is 262 Å². The van der Waals surface area contributed by atoms with Crippen LogP contribution in [-0.2, 0) is 25.5 Å². The zero-order chi connectivity index (χ0) is 32.6. The minimum atomic E-state index is -0.534. The molecule has 2 atom stereocenters. The third kappa shape index (κ3) is 5.52. The number of carbonyl (C=O) groups is 3. The molecule has 0 spiro atoms. The van der Waals surface area contributed by atoms with Gasteiger partial charge in [0, 0.05) is 51.6 Å². The van der Waals surface area contributed by atoms with Crippen molar-refractivity contribution in [2.75, 3.05) is 14.2 Å². The van der Waals surface area contributed by atoms with E-state index in [-0.39, 0.29) is 18.3 Å².